The lowest BCUT2D eigenvalue weighted by molar-refractivity contribution is 0.0991. The summed E-state index contributed by atoms with van der Waals surface area (Å²) < 4.78 is 16.2. The van der Waals surface area contributed by atoms with Crippen molar-refractivity contribution in [2.24, 2.45) is 0 Å². The summed E-state index contributed by atoms with van der Waals surface area (Å²) in [5, 5.41) is 26.4. The molecule has 2 aromatic carbocycles. The van der Waals surface area contributed by atoms with Gasteiger partial charge in [-0.2, -0.15) is 0 Å². The Kier molecular flexibility index (Phi) is 11.9. The minimum Gasteiger partial charge on any atom is -0.504 e. The van der Waals surface area contributed by atoms with Crippen molar-refractivity contribution < 1.29 is 33.7 Å². The molecule has 41 heavy (non-hydrogen) atoms. The number of amides is 2. The molecule has 9 heteroatoms. The number of carbonyl (C=O) groups is 2. The first-order valence-corrected chi connectivity index (χ1v) is 14.3. The number of methoxy groups -OCH3 is 2. The fourth-order valence-corrected chi connectivity index (χ4v) is 4.90. The van der Waals surface area contributed by atoms with Crippen LogP contribution in [-0.4, -0.2) is 36.2 Å². The van der Waals surface area contributed by atoms with Crippen LogP contribution in [0.15, 0.2) is 41.2 Å². The molecule has 0 radical (unpaired) electrons. The standard InChI is InChI=1S/C32H42N2O7/c1-5-7-9-11-13-21-25(15-17-27(35)29(21)39-3)33-31(37)23-19-41-20-24(23)32(38)34-26-16-18-28(36)30(40-4)22(26)14-12-10-8-6-2/h15-20,35-36H,5-14H2,1-4H3,(H,33,37)(H,34,38). The SMILES string of the molecule is CCCCCCc1c(NC(=O)c2cocc2C(=O)Nc2ccc(O)c(OC)c2CCCCCC)ccc(O)c1OC. The number of nitrogens with one attached hydrogen (secondary N) is 2. The molecule has 0 aliphatic rings. The van der Waals surface area contributed by atoms with Gasteiger partial charge in [-0.05, 0) is 49.9 Å². The topological polar surface area (TPSA) is 130 Å². The smallest absolute Gasteiger partial charge is 0.259 e. The van der Waals surface area contributed by atoms with Crippen LogP contribution in [0.5, 0.6) is 23.0 Å². The molecule has 0 atom stereocenters. The van der Waals surface area contributed by atoms with Crippen molar-refractivity contribution in [3.8, 4) is 23.0 Å². The zero-order chi connectivity index (χ0) is 29.8. The van der Waals surface area contributed by atoms with Gasteiger partial charge in [0.2, 0.25) is 0 Å². The summed E-state index contributed by atoms with van der Waals surface area (Å²) in [5.41, 5.74) is 2.48. The van der Waals surface area contributed by atoms with Gasteiger partial charge in [-0.3, -0.25) is 9.59 Å². The van der Waals surface area contributed by atoms with Gasteiger partial charge in [-0.1, -0.05) is 52.4 Å². The second kappa shape index (κ2) is 15.6. The first-order valence-electron chi connectivity index (χ1n) is 14.3. The predicted molar refractivity (Wildman–Crippen MR) is 160 cm³/mol. The summed E-state index contributed by atoms with van der Waals surface area (Å²) in [7, 11) is 2.95. The van der Waals surface area contributed by atoms with Crippen molar-refractivity contribution in [2.45, 2.75) is 78.1 Å². The average Bonchev–Trinajstić information content (AvgIpc) is 3.46. The lowest BCUT2D eigenvalue weighted by atomic mass is 10.0. The zero-order valence-electron chi connectivity index (χ0n) is 24.5. The van der Waals surface area contributed by atoms with Crippen molar-refractivity contribution in [1.82, 2.24) is 0 Å². The number of furan rings is 1. The Hall–Kier alpha value is -4.14. The van der Waals surface area contributed by atoms with Gasteiger partial charge >= 0.3 is 0 Å². The molecule has 0 saturated carbocycles. The molecule has 1 aromatic heterocycles. The highest BCUT2D eigenvalue weighted by atomic mass is 16.5. The van der Waals surface area contributed by atoms with Crippen molar-refractivity contribution >= 4 is 23.2 Å². The maximum atomic E-state index is 13.4. The predicted octanol–water partition coefficient (Wildman–Crippen LogP) is 7.46. The third kappa shape index (κ3) is 7.96. The lowest BCUT2D eigenvalue weighted by Gasteiger charge is -2.17. The number of hydrogen-bond acceptors (Lipinski definition) is 7. The van der Waals surface area contributed by atoms with Gasteiger partial charge in [0.25, 0.3) is 11.8 Å². The number of phenolic OH excluding ortho intramolecular Hbond substituents is 2. The quantitative estimate of drug-likeness (QED) is 0.105. The molecular weight excluding hydrogens is 524 g/mol. The average molecular weight is 567 g/mol. The molecular formula is C32H42N2O7. The van der Waals surface area contributed by atoms with E-state index in [1.54, 1.807) is 12.1 Å². The second-order valence-corrected chi connectivity index (χ2v) is 10.0. The number of rotatable bonds is 16. The number of unbranched alkanes of at least 4 members (excludes halogenated alkanes) is 6. The summed E-state index contributed by atoms with van der Waals surface area (Å²) in [6, 6.07) is 6.18. The van der Waals surface area contributed by atoms with Crippen LogP contribution in [0.1, 0.15) is 97.1 Å². The molecule has 222 valence electrons. The van der Waals surface area contributed by atoms with Gasteiger partial charge in [0.05, 0.1) is 25.3 Å². The highest BCUT2D eigenvalue weighted by Gasteiger charge is 2.24. The van der Waals surface area contributed by atoms with E-state index in [0.717, 1.165) is 51.4 Å². The van der Waals surface area contributed by atoms with Crippen LogP contribution in [0.2, 0.25) is 0 Å². The Labute approximate surface area is 241 Å². The van der Waals surface area contributed by atoms with E-state index in [2.05, 4.69) is 24.5 Å². The number of carbonyl (C=O) groups excluding carboxylic acids is 2. The Morgan fingerprint density at radius 2 is 1.10 bits per heavy atom. The van der Waals surface area contributed by atoms with Gasteiger partial charge in [0, 0.05) is 22.5 Å². The third-order valence-corrected chi connectivity index (χ3v) is 7.10. The summed E-state index contributed by atoms with van der Waals surface area (Å²) in [6.07, 6.45) is 11.8. The van der Waals surface area contributed by atoms with E-state index in [0.29, 0.717) is 46.8 Å². The van der Waals surface area contributed by atoms with E-state index in [-0.39, 0.29) is 22.6 Å². The summed E-state index contributed by atoms with van der Waals surface area (Å²) in [5.74, 6) is -0.443. The highest BCUT2D eigenvalue weighted by molar-refractivity contribution is 6.15. The normalized spacial score (nSPS) is 10.8. The van der Waals surface area contributed by atoms with E-state index in [4.69, 9.17) is 13.9 Å². The molecule has 0 bridgehead atoms. The van der Waals surface area contributed by atoms with E-state index in [1.807, 2.05) is 0 Å². The maximum absolute atomic E-state index is 13.4. The number of aromatic hydroxyl groups is 2. The number of ether oxygens (including phenoxy) is 2. The van der Waals surface area contributed by atoms with E-state index >= 15 is 0 Å². The Morgan fingerprint density at radius 3 is 1.46 bits per heavy atom. The van der Waals surface area contributed by atoms with E-state index < -0.39 is 11.8 Å². The molecule has 0 spiro atoms. The molecule has 0 aliphatic carbocycles. The first-order chi connectivity index (χ1) is 19.9. The molecule has 0 fully saturated rings. The van der Waals surface area contributed by atoms with E-state index in [9.17, 15) is 19.8 Å². The first kappa shape index (κ1) is 31.4. The van der Waals surface area contributed by atoms with Gasteiger partial charge in [0.15, 0.2) is 23.0 Å². The van der Waals surface area contributed by atoms with Crippen LogP contribution in [0, 0.1) is 0 Å². The molecule has 0 saturated heterocycles. The van der Waals surface area contributed by atoms with Gasteiger partial charge in [0.1, 0.15) is 12.5 Å². The minimum absolute atomic E-state index is 0.00538. The molecule has 1 heterocycles. The third-order valence-electron chi connectivity index (χ3n) is 7.10. The fraction of sp³-hybridized carbons (Fsp3) is 0.438. The van der Waals surface area contributed by atoms with Crippen molar-refractivity contribution in [3.63, 3.8) is 0 Å². The van der Waals surface area contributed by atoms with Crippen molar-refractivity contribution in [1.29, 1.82) is 0 Å². The van der Waals surface area contributed by atoms with E-state index in [1.165, 1.54) is 38.9 Å². The highest BCUT2D eigenvalue weighted by Crippen LogP contribution is 2.38. The number of anilines is 2. The Balaban J connectivity index is 1.83. The van der Waals surface area contributed by atoms with Gasteiger partial charge in [-0.25, -0.2) is 0 Å². The second-order valence-electron chi connectivity index (χ2n) is 10.0. The number of benzene rings is 2. The van der Waals surface area contributed by atoms with Crippen molar-refractivity contribution in [2.75, 3.05) is 24.9 Å². The van der Waals surface area contributed by atoms with Crippen LogP contribution in [-0.2, 0) is 12.8 Å². The maximum Gasteiger partial charge on any atom is 0.259 e. The molecule has 9 nitrogen and oxygen atoms in total. The minimum atomic E-state index is -0.533. The molecule has 0 aliphatic heterocycles. The van der Waals surface area contributed by atoms with Crippen LogP contribution in [0.25, 0.3) is 0 Å². The summed E-state index contributed by atoms with van der Waals surface area (Å²) >= 11 is 0. The van der Waals surface area contributed by atoms with Crippen LogP contribution in [0.4, 0.5) is 11.4 Å². The van der Waals surface area contributed by atoms with Crippen LogP contribution < -0.4 is 20.1 Å². The molecule has 3 rings (SSSR count). The zero-order valence-corrected chi connectivity index (χ0v) is 24.5. The molecule has 2 amide bonds. The van der Waals surface area contributed by atoms with Gasteiger partial charge < -0.3 is 34.7 Å². The lowest BCUT2D eigenvalue weighted by Crippen LogP contribution is -2.20. The number of hydrogen-bond donors (Lipinski definition) is 4. The Morgan fingerprint density at radius 1 is 0.683 bits per heavy atom. The monoisotopic (exact) mass is 566 g/mol. The summed E-state index contributed by atoms with van der Waals surface area (Å²) in [6.45, 7) is 4.26. The molecule has 0 unspecified atom stereocenters. The van der Waals surface area contributed by atoms with Crippen LogP contribution >= 0.6 is 0 Å². The van der Waals surface area contributed by atoms with Gasteiger partial charge in [-0.15, -0.1) is 0 Å². The molecule has 4 N–H and O–H groups in total. The Bertz CT molecular complexity index is 1220. The summed E-state index contributed by atoms with van der Waals surface area (Å²) in [4.78, 5) is 26.7. The number of phenols is 2. The van der Waals surface area contributed by atoms with Crippen molar-refractivity contribution in [3.05, 3.63) is 59.0 Å². The molecule has 3 aromatic rings. The fourth-order valence-electron chi connectivity index (χ4n) is 4.90. The largest absolute Gasteiger partial charge is 0.504 e. The van der Waals surface area contributed by atoms with Crippen LogP contribution in [0.3, 0.4) is 0 Å².